The molecule has 0 aliphatic rings. The van der Waals surface area contributed by atoms with Crippen LogP contribution in [-0.4, -0.2) is 73.4 Å². The third-order valence-electron chi connectivity index (χ3n) is 5.00. The second-order valence-corrected chi connectivity index (χ2v) is 12.2. The third kappa shape index (κ3) is 16.5. The Kier molecular flexibility index (Phi) is 12.7. The van der Waals surface area contributed by atoms with Gasteiger partial charge in [-0.25, -0.2) is 0 Å². The van der Waals surface area contributed by atoms with Gasteiger partial charge in [-0.15, -0.1) is 0 Å². The van der Waals surface area contributed by atoms with Crippen molar-refractivity contribution in [2.75, 3.05) is 46.1 Å². The van der Waals surface area contributed by atoms with Crippen molar-refractivity contribution in [1.82, 2.24) is 4.90 Å². The normalized spacial score (nSPS) is 14.2. The van der Waals surface area contributed by atoms with E-state index in [1.807, 2.05) is 13.8 Å². The highest BCUT2D eigenvalue weighted by atomic mass is 16.5. The molecule has 0 bridgehead atoms. The molecule has 0 saturated carbocycles. The molecule has 0 atom stereocenters. The lowest BCUT2D eigenvalue weighted by atomic mass is 9.76. The van der Waals surface area contributed by atoms with Crippen molar-refractivity contribution in [3.8, 4) is 0 Å². The number of aliphatic hydroxyl groups excluding tert-OH is 1. The summed E-state index contributed by atoms with van der Waals surface area (Å²) in [6, 6.07) is 0. The highest BCUT2D eigenvalue weighted by molar-refractivity contribution is 4.80. The molecule has 1 N–H and O–H groups in total. The summed E-state index contributed by atoms with van der Waals surface area (Å²) in [5.41, 5.74) is -0.205. The molecule has 182 valence electrons. The molecule has 0 saturated heterocycles. The van der Waals surface area contributed by atoms with E-state index in [2.05, 4.69) is 67.2 Å². The quantitative estimate of drug-likeness (QED) is 0.366. The molecule has 0 amide bonds. The van der Waals surface area contributed by atoms with Crippen molar-refractivity contribution >= 4 is 0 Å². The van der Waals surface area contributed by atoms with Crippen LogP contribution in [0.15, 0.2) is 0 Å². The van der Waals surface area contributed by atoms with Gasteiger partial charge >= 0.3 is 0 Å². The minimum absolute atomic E-state index is 0.0261. The van der Waals surface area contributed by atoms with E-state index in [0.717, 1.165) is 39.1 Å². The molecular weight excluding hydrogens is 378 g/mol. The van der Waals surface area contributed by atoms with Crippen LogP contribution in [0, 0.1) is 10.8 Å². The lowest BCUT2D eigenvalue weighted by molar-refractivity contribution is -0.0718. The Morgan fingerprint density at radius 2 is 1.27 bits per heavy atom. The standard InChI is InChI=1S/C25H53NO4/c1-21(2)28-15-12-24(8,9)29-16-13-26(14-17-30-25(10,11)20-27)19-23(6,7)18-22(3,4)5/h21,27H,12-20H2,1-11H3. The van der Waals surface area contributed by atoms with Gasteiger partial charge in [-0.2, -0.15) is 0 Å². The van der Waals surface area contributed by atoms with E-state index in [9.17, 15) is 5.11 Å². The van der Waals surface area contributed by atoms with E-state index < -0.39 is 5.60 Å². The molecule has 0 aromatic heterocycles. The maximum atomic E-state index is 9.44. The monoisotopic (exact) mass is 431 g/mol. The van der Waals surface area contributed by atoms with Crippen molar-refractivity contribution in [1.29, 1.82) is 0 Å². The molecule has 0 fully saturated rings. The second kappa shape index (κ2) is 12.7. The summed E-state index contributed by atoms with van der Waals surface area (Å²) in [7, 11) is 0. The number of hydrogen-bond donors (Lipinski definition) is 1. The topological polar surface area (TPSA) is 51.2 Å². The smallest absolute Gasteiger partial charge is 0.0856 e. The number of rotatable bonds is 16. The van der Waals surface area contributed by atoms with E-state index in [1.54, 1.807) is 0 Å². The van der Waals surface area contributed by atoms with Gasteiger partial charge in [0.25, 0.3) is 0 Å². The zero-order chi connectivity index (χ0) is 23.6. The van der Waals surface area contributed by atoms with E-state index in [0.29, 0.717) is 18.6 Å². The van der Waals surface area contributed by atoms with Crippen molar-refractivity contribution in [3.63, 3.8) is 0 Å². The van der Waals surface area contributed by atoms with Gasteiger partial charge < -0.3 is 19.3 Å². The first kappa shape index (κ1) is 29.8. The summed E-state index contributed by atoms with van der Waals surface area (Å²) in [4.78, 5) is 2.44. The fourth-order valence-corrected chi connectivity index (χ4v) is 3.93. The van der Waals surface area contributed by atoms with Crippen LogP contribution in [-0.2, 0) is 14.2 Å². The van der Waals surface area contributed by atoms with Gasteiger partial charge in [0.1, 0.15) is 0 Å². The van der Waals surface area contributed by atoms with Crippen molar-refractivity contribution in [2.24, 2.45) is 10.8 Å². The van der Waals surface area contributed by atoms with Crippen LogP contribution >= 0.6 is 0 Å². The van der Waals surface area contributed by atoms with E-state index in [4.69, 9.17) is 14.2 Å². The highest BCUT2D eigenvalue weighted by Gasteiger charge is 2.28. The van der Waals surface area contributed by atoms with E-state index in [-0.39, 0.29) is 23.7 Å². The van der Waals surface area contributed by atoms with Gasteiger partial charge in [-0.3, -0.25) is 4.90 Å². The maximum Gasteiger partial charge on any atom is 0.0856 e. The Balaban J connectivity index is 4.78. The molecule has 0 radical (unpaired) electrons. The summed E-state index contributed by atoms with van der Waals surface area (Å²) in [5.74, 6) is 0. The van der Waals surface area contributed by atoms with Crippen molar-refractivity contribution in [2.45, 2.75) is 106 Å². The van der Waals surface area contributed by atoms with Gasteiger partial charge in [0.2, 0.25) is 0 Å². The molecule has 5 heteroatoms. The number of nitrogens with zero attached hydrogens (tertiary/aromatic N) is 1. The Morgan fingerprint density at radius 1 is 0.767 bits per heavy atom. The minimum atomic E-state index is -0.499. The third-order valence-corrected chi connectivity index (χ3v) is 5.00. The molecule has 0 rings (SSSR count). The van der Waals surface area contributed by atoms with Crippen LogP contribution in [0.3, 0.4) is 0 Å². The Hall–Kier alpha value is -0.200. The zero-order valence-electron chi connectivity index (χ0n) is 22.1. The Morgan fingerprint density at radius 3 is 1.70 bits per heavy atom. The molecule has 0 aromatic rings. The minimum Gasteiger partial charge on any atom is -0.393 e. The average Bonchev–Trinajstić information content (AvgIpc) is 2.51. The molecule has 0 unspecified atom stereocenters. The molecule has 0 spiro atoms. The summed E-state index contributed by atoms with van der Waals surface area (Å²) >= 11 is 0. The number of aliphatic hydroxyl groups is 1. The summed E-state index contributed by atoms with van der Waals surface area (Å²) in [5, 5.41) is 9.44. The molecule has 0 heterocycles. The van der Waals surface area contributed by atoms with Crippen LogP contribution < -0.4 is 0 Å². The summed E-state index contributed by atoms with van der Waals surface area (Å²) < 4.78 is 17.8. The highest BCUT2D eigenvalue weighted by Crippen LogP contribution is 2.33. The first-order valence-electron chi connectivity index (χ1n) is 11.7. The van der Waals surface area contributed by atoms with Crippen LogP contribution in [0.25, 0.3) is 0 Å². The molecule has 30 heavy (non-hydrogen) atoms. The first-order chi connectivity index (χ1) is 13.5. The molecule has 0 aliphatic carbocycles. The van der Waals surface area contributed by atoms with Crippen LogP contribution in [0.4, 0.5) is 0 Å². The van der Waals surface area contributed by atoms with E-state index in [1.165, 1.54) is 0 Å². The molecule has 5 nitrogen and oxygen atoms in total. The molecule has 0 aromatic carbocycles. The Labute approximate surface area is 187 Å². The largest absolute Gasteiger partial charge is 0.393 e. The fourth-order valence-electron chi connectivity index (χ4n) is 3.93. The van der Waals surface area contributed by atoms with E-state index >= 15 is 0 Å². The summed E-state index contributed by atoms with van der Waals surface area (Å²) in [6.45, 7) is 28.6. The van der Waals surface area contributed by atoms with Gasteiger partial charge in [0, 0.05) is 26.2 Å². The van der Waals surface area contributed by atoms with Crippen LogP contribution in [0.5, 0.6) is 0 Å². The average molecular weight is 432 g/mol. The SMILES string of the molecule is CC(C)OCCC(C)(C)OCCN(CCOC(C)(C)CO)CC(C)(C)CC(C)(C)C. The van der Waals surface area contributed by atoms with Crippen LogP contribution in [0.1, 0.15) is 89.0 Å². The van der Waals surface area contributed by atoms with Crippen LogP contribution in [0.2, 0.25) is 0 Å². The second-order valence-electron chi connectivity index (χ2n) is 12.2. The lowest BCUT2D eigenvalue weighted by Crippen LogP contribution is -2.42. The Bertz CT molecular complexity index is 453. The van der Waals surface area contributed by atoms with Gasteiger partial charge in [0.15, 0.2) is 0 Å². The maximum absolute atomic E-state index is 9.44. The van der Waals surface area contributed by atoms with Gasteiger partial charge in [-0.05, 0) is 65.2 Å². The fraction of sp³-hybridized carbons (Fsp3) is 1.00. The predicted octanol–water partition coefficient (Wildman–Crippen LogP) is 5.15. The first-order valence-corrected chi connectivity index (χ1v) is 11.7. The number of hydrogen-bond acceptors (Lipinski definition) is 5. The lowest BCUT2D eigenvalue weighted by Gasteiger charge is -2.38. The summed E-state index contributed by atoms with van der Waals surface area (Å²) in [6.07, 6.45) is 2.29. The van der Waals surface area contributed by atoms with Crippen molar-refractivity contribution < 1.29 is 19.3 Å². The molecule has 0 aliphatic heterocycles. The zero-order valence-corrected chi connectivity index (χ0v) is 22.1. The van der Waals surface area contributed by atoms with Gasteiger partial charge in [0.05, 0.1) is 37.1 Å². The molecular formula is C25H53NO4. The van der Waals surface area contributed by atoms with Crippen molar-refractivity contribution in [3.05, 3.63) is 0 Å². The number of ether oxygens (including phenoxy) is 3. The van der Waals surface area contributed by atoms with Gasteiger partial charge in [-0.1, -0.05) is 34.6 Å². The predicted molar refractivity (Wildman–Crippen MR) is 127 cm³/mol.